The first kappa shape index (κ1) is 13.1. The third-order valence-corrected chi connectivity index (χ3v) is 2.24. The lowest BCUT2D eigenvalue weighted by Crippen LogP contribution is -2.54. The smallest absolute Gasteiger partial charge is 0.375 e. The van der Waals surface area contributed by atoms with Crippen LogP contribution in [0.25, 0.3) is 0 Å². The van der Waals surface area contributed by atoms with Crippen molar-refractivity contribution in [1.29, 1.82) is 0 Å². The molecule has 0 bridgehead atoms. The molecule has 1 unspecified atom stereocenters. The van der Waals surface area contributed by atoms with Gasteiger partial charge in [0, 0.05) is 6.42 Å². The molecule has 0 radical (unpaired) electrons. The van der Waals surface area contributed by atoms with Gasteiger partial charge in [0.25, 0.3) is 0 Å². The topological polar surface area (TPSA) is 9.23 Å². The van der Waals surface area contributed by atoms with Crippen LogP contribution in [0.5, 0.6) is 0 Å². The number of alkyl halides is 5. The zero-order valence-electron chi connectivity index (χ0n) is 7.97. The Morgan fingerprint density at radius 1 is 1.31 bits per heavy atom. The van der Waals surface area contributed by atoms with Crippen molar-refractivity contribution in [3.05, 3.63) is 11.8 Å². The maximum Gasteiger partial charge on any atom is 0.375 e. The first-order valence-electron chi connectivity index (χ1n) is 4.25. The lowest BCUT2D eigenvalue weighted by Gasteiger charge is -2.31. The van der Waals surface area contributed by atoms with Gasteiger partial charge in [0.2, 0.25) is 0 Å². The fraction of sp³-hybridized carbons (Fsp3) is 0.750. The Morgan fingerprint density at radius 3 is 2.12 bits per heavy atom. The second kappa shape index (κ2) is 3.53. The first-order chi connectivity index (χ1) is 7.07. The summed E-state index contributed by atoms with van der Waals surface area (Å²) < 4.78 is 92.4. The van der Waals surface area contributed by atoms with Gasteiger partial charge in [-0.1, -0.05) is 6.92 Å². The predicted molar refractivity (Wildman–Crippen MR) is 39.0 cm³/mol. The Morgan fingerprint density at radius 2 is 1.81 bits per heavy atom. The number of ether oxygens (including phenoxy) is 1. The van der Waals surface area contributed by atoms with Gasteiger partial charge in [-0.15, -0.1) is 0 Å². The third-order valence-electron chi connectivity index (χ3n) is 2.24. The second-order valence-corrected chi connectivity index (χ2v) is 3.32. The summed E-state index contributed by atoms with van der Waals surface area (Å²) in [6.07, 6.45) is -5.90. The maximum atomic E-state index is 13.4. The van der Waals surface area contributed by atoms with Crippen molar-refractivity contribution >= 4 is 0 Å². The zero-order chi connectivity index (χ0) is 12.8. The van der Waals surface area contributed by atoms with E-state index in [0.717, 1.165) is 6.92 Å². The first-order valence-corrected chi connectivity index (χ1v) is 4.25. The van der Waals surface area contributed by atoms with E-state index in [0.29, 0.717) is 0 Å². The average molecular weight is 252 g/mol. The third kappa shape index (κ3) is 1.63. The Balaban J connectivity index is 3.20. The van der Waals surface area contributed by atoms with Crippen LogP contribution in [0.15, 0.2) is 11.8 Å². The lowest BCUT2D eigenvalue weighted by atomic mass is 10.0. The van der Waals surface area contributed by atoms with Gasteiger partial charge in [-0.25, -0.2) is 0 Å². The Kier molecular flexibility index (Phi) is 2.89. The fourth-order valence-electron chi connectivity index (χ4n) is 1.27. The molecule has 0 aromatic heterocycles. The highest BCUT2D eigenvalue weighted by Crippen LogP contribution is 2.55. The van der Waals surface area contributed by atoms with Crippen molar-refractivity contribution in [2.45, 2.75) is 37.5 Å². The van der Waals surface area contributed by atoms with E-state index in [1.54, 1.807) is 0 Å². The van der Waals surface area contributed by atoms with Gasteiger partial charge in [0.05, 0.1) is 6.42 Å². The molecule has 94 valence electrons. The monoisotopic (exact) mass is 252 g/mol. The molecule has 1 heterocycles. The Labute approximate surface area is 85.9 Å². The van der Waals surface area contributed by atoms with Crippen LogP contribution >= 0.6 is 0 Å². The van der Waals surface area contributed by atoms with Gasteiger partial charge in [0.1, 0.15) is 0 Å². The van der Waals surface area contributed by atoms with Crippen molar-refractivity contribution in [3.8, 4) is 0 Å². The van der Waals surface area contributed by atoms with Crippen molar-refractivity contribution in [2.24, 2.45) is 0 Å². The molecule has 8 heteroatoms. The van der Waals surface area contributed by atoms with E-state index < -0.39 is 42.4 Å². The van der Waals surface area contributed by atoms with Gasteiger partial charge >= 0.3 is 23.8 Å². The Bertz CT molecular complexity index is 320. The maximum absolute atomic E-state index is 13.4. The van der Waals surface area contributed by atoms with Crippen molar-refractivity contribution in [1.82, 2.24) is 0 Å². The largest absolute Gasteiger partial charge is 0.446 e. The van der Waals surface area contributed by atoms with Crippen LogP contribution in [0.3, 0.4) is 0 Å². The molecular weight excluding hydrogens is 245 g/mol. The van der Waals surface area contributed by atoms with Crippen LogP contribution in [-0.2, 0) is 4.74 Å². The molecule has 1 nitrogen and oxygen atoms in total. The average Bonchev–Trinajstić information content (AvgIpc) is 2.39. The van der Waals surface area contributed by atoms with Gasteiger partial charge in [0.15, 0.2) is 5.76 Å². The number of hydrogen-bond donors (Lipinski definition) is 0. The summed E-state index contributed by atoms with van der Waals surface area (Å²) >= 11 is 0. The molecule has 1 atom stereocenters. The Hall–Kier alpha value is -0.950. The summed E-state index contributed by atoms with van der Waals surface area (Å²) in [6, 6.07) is 0. The highest BCUT2D eigenvalue weighted by Gasteiger charge is 2.75. The molecule has 0 saturated carbocycles. The molecule has 0 aromatic rings. The minimum absolute atomic E-state index is 0.744. The summed E-state index contributed by atoms with van der Waals surface area (Å²) in [5.41, 5.74) is 0. The minimum atomic E-state index is -4.71. The molecule has 0 N–H and O–H groups in total. The summed E-state index contributed by atoms with van der Waals surface area (Å²) in [5, 5.41) is 0. The number of rotatable bonds is 2. The van der Waals surface area contributed by atoms with E-state index in [1.807, 2.05) is 0 Å². The van der Waals surface area contributed by atoms with Crippen LogP contribution < -0.4 is 0 Å². The molecule has 1 aliphatic rings. The minimum Gasteiger partial charge on any atom is -0.446 e. The fourth-order valence-corrected chi connectivity index (χ4v) is 1.27. The SMILES string of the molecule is CCC(F)(F)C1(F)OC(=C(F)F)CC1(F)F. The van der Waals surface area contributed by atoms with Crippen molar-refractivity contribution < 1.29 is 35.5 Å². The zero-order valence-corrected chi connectivity index (χ0v) is 7.97. The molecule has 0 amide bonds. The van der Waals surface area contributed by atoms with Gasteiger partial charge in [-0.3, -0.25) is 0 Å². The van der Waals surface area contributed by atoms with Gasteiger partial charge in [-0.2, -0.15) is 30.7 Å². The lowest BCUT2D eigenvalue weighted by molar-refractivity contribution is -0.322. The van der Waals surface area contributed by atoms with Crippen LogP contribution in [0.4, 0.5) is 30.7 Å². The van der Waals surface area contributed by atoms with E-state index in [9.17, 15) is 30.7 Å². The van der Waals surface area contributed by atoms with Gasteiger partial charge < -0.3 is 4.74 Å². The van der Waals surface area contributed by atoms with E-state index in [4.69, 9.17) is 0 Å². The molecule has 1 aliphatic heterocycles. The predicted octanol–water partition coefficient (Wildman–Crippen LogP) is 3.86. The summed E-state index contributed by atoms with van der Waals surface area (Å²) in [4.78, 5) is 0. The summed E-state index contributed by atoms with van der Waals surface area (Å²) in [7, 11) is 0. The molecular formula is C8H7F7O. The van der Waals surface area contributed by atoms with Crippen LogP contribution in [0, 0.1) is 0 Å². The van der Waals surface area contributed by atoms with Crippen molar-refractivity contribution in [2.75, 3.05) is 0 Å². The highest BCUT2D eigenvalue weighted by molar-refractivity contribution is 5.14. The molecule has 0 spiro atoms. The van der Waals surface area contributed by atoms with E-state index >= 15 is 0 Å². The standard InChI is InChI=1S/C8H7F7O/c1-2-6(11,12)8(15)7(13,14)3-4(16-8)5(9)10/h2-3H2,1H3. The molecule has 1 saturated heterocycles. The number of allylic oxidation sites excluding steroid dienone is 1. The van der Waals surface area contributed by atoms with Crippen LogP contribution in [0.2, 0.25) is 0 Å². The molecule has 0 aromatic carbocycles. The van der Waals surface area contributed by atoms with Gasteiger partial charge in [-0.05, 0) is 0 Å². The quantitative estimate of drug-likeness (QED) is 0.678. The molecule has 16 heavy (non-hydrogen) atoms. The van der Waals surface area contributed by atoms with E-state index in [1.165, 1.54) is 0 Å². The molecule has 1 rings (SSSR count). The summed E-state index contributed by atoms with van der Waals surface area (Å²) in [5.74, 6) is -15.7. The highest BCUT2D eigenvalue weighted by atomic mass is 19.3. The molecule has 0 aliphatic carbocycles. The van der Waals surface area contributed by atoms with E-state index in [-0.39, 0.29) is 0 Å². The van der Waals surface area contributed by atoms with Crippen LogP contribution in [-0.4, -0.2) is 17.7 Å². The second-order valence-electron chi connectivity index (χ2n) is 3.32. The van der Waals surface area contributed by atoms with E-state index in [2.05, 4.69) is 4.74 Å². The normalized spacial score (nSPS) is 29.1. The summed E-state index contributed by atoms with van der Waals surface area (Å²) in [6.45, 7) is 0.744. The number of halogens is 7. The van der Waals surface area contributed by atoms with Crippen molar-refractivity contribution in [3.63, 3.8) is 0 Å². The molecule has 1 fully saturated rings. The number of hydrogen-bond acceptors (Lipinski definition) is 1. The van der Waals surface area contributed by atoms with Crippen LogP contribution in [0.1, 0.15) is 19.8 Å².